The molecule has 24 heavy (non-hydrogen) atoms. The van der Waals surface area contributed by atoms with Crippen LogP contribution in [0.5, 0.6) is 5.75 Å². The van der Waals surface area contributed by atoms with Crippen LogP contribution in [0.1, 0.15) is 15.9 Å². The average Bonchev–Trinajstić information content (AvgIpc) is 2.55. The van der Waals surface area contributed by atoms with E-state index in [1.165, 1.54) is 24.4 Å². The third kappa shape index (κ3) is 2.93. The zero-order valence-corrected chi connectivity index (χ0v) is 13.4. The maximum atomic E-state index is 12.5. The fourth-order valence-electron chi connectivity index (χ4n) is 2.30. The zero-order valence-electron chi connectivity index (χ0n) is 12.6. The van der Waals surface area contributed by atoms with Gasteiger partial charge in [0, 0.05) is 11.6 Å². The number of aromatic nitrogens is 1. The van der Waals surface area contributed by atoms with Crippen molar-refractivity contribution in [3.8, 4) is 5.75 Å². The fraction of sp³-hybridized carbons (Fsp3) is 0.0588. The molecule has 0 saturated carbocycles. The molecular formula is C17H13NO5S. The standard InChI is InChI=1S/C17H13NO5S/c1-11-7-8-13(10-14(11)17(19)20)24(21,22)23-15-6-2-4-12-5-3-9-18-16(12)15/h2-10H,1H3,(H,19,20). The lowest BCUT2D eigenvalue weighted by Crippen LogP contribution is -2.12. The minimum atomic E-state index is -4.18. The molecule has 1 N–H and O–H groups in total. The lowest BCUT2D eigenvalue weighted by molar-refractivity contribution is 0.0696. The van der Waals surface area contributed by atoms with Crippen molar-refractivity contribution in [1.29, 1.82) is 0 Å². The van der Waals surface area contributed by atoms with Gasteiger partial charge in [0.15, 0.2) is 5.75 Å². The second-order valence-electron chi connectivity index (χ2n) is 5.15. The van der Waals surface area contributed by atoms with E-state index in [1.807, 2.05) is 0 Å². The Labute approximate surface area is 138 Å². The van der Waals surface area contributed by atoms with Crippen LogP contribution in [-0.2, 0) is 10.1 Å². The van der Waals surface area contributed by atoms with Crippen LogP contribution in [0.4, 0.5) is 0 Å². The SMILES string of the molecule is Cc1ccc(S(=O)(=O)Oc2cccc3cccnc23)cc1C(=O)O. The molecule has 6 nitrogen and oxygen atoms in total. The first-order valence-corrected chi connectivity index (χ1v) is 8.41. The molecule has 2 aromatic carbocycles. The Morgan fingerprint density at radius 3 is 2.62 bits per heavy atom. The summed E-state index contributed by atoms with van der Waals surface area (Å²) in [6, 6.07) is 12.3. The molecule has 1 aromatic heterocycles. The topological polar surface area (TPSA) is 93.6 Å². The first-order valence-electron chi connectivity index (χ1n) is 7.01. The lowest BCUT2D eigenvalue weighted by atomic mass is 10.1. The van der Waals surface area contributed by atoms with E-state index in [0.29, 0.717) is 11.1 Å². The van der Waals surface area contributed by atoms with Gasteiger partial charge in [0.25, 0.3) is 0 Å². The summed E-state index contributed by atoms with van der Waals surface area (Å²) in [5.41, 5.74) is 0.790. The minimum absolute atomic E-state index is 0.0873. The monoisotopic (exact) mass is 343 g/mol. The van der Waals surface area contributed by atoms with Crippen LogP contribution in [0.15, 0.2) is 59.6 Å². The number of hydrogen-bond acceptors (Lipinski definition) is 5. The number of para-hydroxylation sites is 1. The molecule has 3 aromatic rings. The summed E-state index contributed by atoms with van der Waals surface area (Å²) in [5.74, 6) is -1.11. The van der Waals surface area contributed by atoms with Crippen molar-refractivity contribution < 1.29 is 22.5 Å². The van der Waals surface area contributed by atoms with Crippen molar-refractivity contribution in [3.05, 3.63) is 65.9 Å². The molecule has 122 valence electrons. The molecule has 0 unspecified atom stereocenters. The largest absolute Gasteiger partial charge is 0.478 e. The van der Waals surface area contributed by atoms with Gasteiger partial charge >= 0.3 is 16.1 Å². The summed E-state index contributed by atoms with van der Waals surface area (Å²) in [4.78, 5) is 15.1. The Bertz CT molecular complexity index is 1040. The predicted octanol–water partition coefficient (Wildman–Crippen LogP) is 3.01. The van der Waals surface area contributed by atoms with Crippen LogP contribution >= 0.6 is 0 Å². The summed E-state index contributed by atoms with van der Waals surface area (Å²) < 4.78 is 30.2. The van der Waals surface area contributed by atoms with Gasteiger partial charge in [-0.05, 0) is 36.8 Å². The third-order valence-corrected chi connectivity index (χ3v) is 4.75. The van der Waals surface area contributed by atoms with Crippen molar-refractivity contribution in [2.24, 2.45) is 0 Å². The third-order valence-electron chi connectivity index (χ3n) is 3.52. The van der Waals surface area contributed by atoms with Crippen LogP contribution in [0.25, 0.3) is 10.9 Å². The van der Waals surface area contributed by atoms with Crippen molar-refractivity contribution >= 4 is 27.0 Å². The molecule has 7 heteroatoms. The number of pyridine rings is 1. The summed E-state index contributed by atoms with van der Waals surface area (Å²) in [6.45, 7) is 1.59. The molecule has 0 radical (unpaired) electrons. The number of carbonyl (C=O) groups is 1. The summed E-state index contributed by atoms with van der Waals surface area (Å²) >= 11 is 0. The molecule has 0 saturated heterocycles. The van der Waals surface area contributed by atoms with Gasteiger partial charge in [-0.25, -0.2) is 4.79 Å². The number of hydrogen-bond donors (Lipinski definition) is 1. The van der Waals surface area contributed by atoms with Crippen LogP contribution in [0.3, 0.4) is 0 Å². The lowest BCUT2D eigenvalue weighted by Gasteiger charge is -2.10. The zero-order chi connectivity index (χ0) is 17.3. The molecule has 0 spiro atoms. The molecule has 0 aliphatic heterocycles. The molecule has 0 aliphatic rings. The summed E-state index contributed by atoms with van der Waals surface area (Å²) in [6.07, 6.45) is 1.54. The highest BCUT2D eigenvalue weighted by molar-refractivity contribution is 7.87. The Kier molecular flexibility index (Phi) is 3.94. The first kappa shape index (κ1) is 15.9. The van der Waals surface area contributed by atoms with Gasteiger partial charge in [0.05, 0.1) is 5.56 Å². The number of fused-ring (bicyclic) bond motifs is 1. The molecule has 1 heterocycles. The molecule has 0 amide bonds. The second-order valence-corrected chi connectivity index (χ2v) is 6.70. The number of rotatable bonds is 4. The summed E-state index contributed by atoms with van der Waals surface area (Å²) in [7, 11) is -4.18. The highest BCUT2D eigenvalue weighted by Gasteiger charge is 2.21. The molecule has 0 bridgehead atoms. The Morgan fingerprint density at radius 2 is 1.88 bits per heavy atom. The Hall–Kier alpha value is -2.93. The maximum absolute atomic E-state index is 12.5. The predicted molar refractivity (Wildman–Crippen MR) is 87.7 cm³/mol. The van der Waals surface area contributed by atoms with E-state index in [1.54, 1.807) is 31.2 Å². The second kappa shape index (κ2) is 5.93. The minimum Gasteiger partial charge on any atom is -0.478 e. The number of nitrogens with zero attached hydrogens (tertiary/aromatic N) is 1. The van der Waals surface area contributed by atoms with Gasteiger partial charge in [0.2, 0.25) is 0 Å². The van der Waals surface area contributed by atoms with E-state index < -0.39 is 16.1 Å². The van der Waals surface area contributed by atoms with Crippen LogP contribution in [0.2, 0.25) is 0 Å². The van der Waals surface area contributed by atoms with Crippen molar-refractivity contribution in [1.82, 2.24) is 4.98 Å². The van der Waals surface area contributed by atoms with Gasteiger partial charge in [-0.3, -0.25) is 4.98 Å². The number of carboxylic acid groups (broad SMARTS) is 1. The van der Waals surface area contributed by atoms with Crippen molar-refractivity contribution in [3.63, 3.8) is 0 Å². The number of benzene rings is 2. The smallest absolute Gasteiger partial charge is 0.339 e. The average molecular weight is 343 g/mol. The summed E-state index contributed by atoms with van der Waals surface area (Å²) in [5, 5.41) is 9.88. The molecule has 0 atom stereocenters. The van der Waals surface area contributed by atoms with Gasteiger partial charge in [-0.2, -0.15) is 8.42 Å². The van der Waals surface area contributed by atoms with Gasteiger partial charge < -0.3 is 9.29 Å². The van der Waals surface area contributed by atoms with Gasteiger partial charge in [0.1, 0.15) is 10.4 Å². The van der Waals surface area contributed by atoms with E-state index in [2.05, 4.69) is 4.98 Å². The molecule has 0 aliphatic carbocycles. The van der Waals surface area contributed by atoms with Crippen molar-refractivity contribution in [2.45, 2.75) is 11.8 Å². The van der Waals surface area contributed by atoms with Crippen LogP contribution in [0, 0.1) is 6.92 Å². The van der Waals surface area contributed by atoms with E-state index in [-0.39, 0.29) is 16.2 Å². The van der Waals surface area contributed by atoms with Crippen molar-refractivity contribution in [2.75, 3.05) is 0 Å². The normalized spacial score (nSPS) is 11.4. The quantitative estimate of drug-likeness (QED) is 0.732. The van der Waals surface area contributed by atoms with E-state index >= 15 is 0 Å². The van der Waals surface area contributed by atoms with E-state index in [9.17, 15) is 13.2 Å². The Balaban J connectivity index is 2.05. The Morgan fingerprint density at radius 1 is 1.12 bits per heavy atom. The van der Waals surface area contributed by atoms with Gasteiger partial charge in [-0.15, -0.1) is 0 Å². The number of carboxylic acids is 1. The maximum Gasteiger partial charge on any atom is 0.339 e. The molecule has 0 fully saturated rings. The van der Waals surface area contributed by atoms with E-state index in [0.717, 1.165) is 11.5 Å². The molecular weight excluding hydrogens is 330 g/mol. The number of aryl methyl sites for hydroxylation is 1. The first-order chi connectivity index (χ1) is 11.4. The highest BCUT2D eigenvalue weighted by Crippen LogP contribution is 2.27. The molecule has 3 rings (SSSR count). The van der Waals surface area contributed by atoms with Gasteiger partial charge in [-0.1, -0.05) is 24.3 Å². The van der Waals surface area contributed by atoms with Crippen LogP contribution < -0.4 is 4.18 Å². The number of aromatic carboxylic acids is 1. The highest BCUT2D eigenvalue weighted by atomic mass is 32.2. The van der Waals surface area contributed by atoms with Crippen LogP contribution in [-0.4, -0.2) is 24.5 Å². The van der Waals surface area contributed by atoms with E-state index in [4.69, 9.17) is 9.29 Å². The fourth-order valence-corrected chi connectivity index (χ4v) is 3.26.